The first-order chi connectivity index (χ1) is 25.6. The molecule has 9 nitrogen and oxygen atoms in total. The third kappa shape index (κ3) is 8.87. The number of rotatable bonds is 15. The number of carbonyl (C=O) groups is 3. The molecule has 0 aromatic heterocycles. The maximum atomic E-state index is 13.7. The zero-order valence-corrected chi connectivity index (χ0v) is 30.1. The van der Waals surface area contributed by atoms with Crippen molar-refractivity contribution < 1.29 is 33.7 Å². The summed E-state index contributed by atoms with van der Waals surface area (Å²) in [4.78, 5) is 39.7. The lowest BCUT2D eigenvalue weighted by Crippen LogP contribution is -2.60. The topological polar surface area (TPSA) is 123 Å². The average molecular weight is 713 g/mol. The second-order valence-corrected chi connectivity index (χ2v) is 13.8. The molecular weight excluding hydrogens is 668 g/mol. The second-order valence-electron chi connectivity index (χ2n) is 13.8. The van der Waals surface area contributed by atoms with Crippen LogP contribution in [0.5, 0.6) is 11.5 Å². The average Bonchev–Trinajstić information content (AvgIpc) is 3.48. The standard InChI is InChI=1S/C44H44N2O7/c1-29(2)40(45-43(50)53-28-37-35-20-12-10-18-33(35)34-19-11-13-21-36(34)37)41(47)46-44(3,42(48)49)25-32-22-23-38(51-26-30-14-6-4-7-15-30)39(24-32)52-27-31-16-8-5-9-17-31/h4-24,29,37,40H,25-28H2,1-3H3,(H,45,50)(H,46,47)(H,48,49)/t40-,44+/m0/s1. The Bertz CT molecular complexity index is 2000. The van der Waals surface area contributed by atoms with E-state index < -0.39 is 29.6 Å². The summed E-state index contributed by atoms with van der Waals surface area (Å²) in [5.41, 5.74) is 5.17. The molecular formula is C44H44N2O7. The van der Waals surface area contributed by atoms with Crippen molar-refractivity contribution in [2.24, 2.45) is 5.92 Å². The number of carboxylic acids is 1. The Hall–Kier alpha value is -6.09. The number of hydrogen-bond donors (Lipinski definition) is 3. The second kappa shape index (κ2) is 16.5. The molecule has 0 bridgehead atoms. The van der Waals surface area contributed by atoms with Gasteiger partial charge in [0.2, 0.25) is 5.91 Å². The molecule has 6 rings (SSSR count). The fourth-order valence-electron chi connectivity index (χ4n) is 6.60. The van der Waals surface area contributed by atoms with E-state index in [-0.39, 0.29) is 31.5 Å². The zero-order chi connectivity index (χ0) is 37.4. The van der Waals surface area contributed by atoms with Gasteiger partial charge in [-0.25, -0.2) is 9.59 Å². The van der Waals surface area contributed by atoms with Gasteiger partial charge < -0.3 is 30.0 Å². The third-order valence-corrected chi connectivity index (χ3v) is 9.48. The Labute approximate surface area is 309 Å². The molecule has 0 fully saturated rings. The van der Waals surface area contributed by atoms with E-state index in [1.165, 1.54) is 6.92 Å². The number of ether oxygens (including phenoxy) is 3. The maximum absolute atomic E-state index is 13.7. The number of hydrogen-bond acceptors (Lipinski definition) is 6. The van der Waals surface area contributed by atoms with Gasteiger partial charge in [-0.15, -0.1) is 0 Å². The summed E-state index contributed by atoms with van der Waals surface area (Å²) in [5, 5.41) is 15.8. The van der Waals surface area contributed by atoms with Crippen molar-refractivity contribution >= 4 is 18.0 Å². The molecule has 1 aliphatic carbocycles. The smallest absolute Gasteiger partial charge is 0.407 e. The van der Waals surface area contributed by atoms with Crippen LogP contribution in [0.1, 0.15) is 54.5 Å². The number of alkyl carbamates (subject to hydrolysis) is 1. The van der Waals surface area contributed by atoms with Crippen LogP contribution in [0.4, 0.5) is 4.79 Å². The lowest BCUT2D eigenvalue weighted by Gasteiger charge is -2.30. The Balaban J connectivity index is 1.13. The summed E-state index contributed by atoms with van der Waals surface area (Å²) in [5.74, 6) is -1.44. The van der Waals surface area contributed by atoms with Gasteiger partial charge in [0.1, 0.15) is 31.4 Å². The monoisotopic (exact) mass is 712 g/mol. The molecule has 9 heteroatoms. The summed E-state index contributed by atoms with van der Waals surface area (Å²) in [6, 6.07) is 39.7. The van der Waals surface area contributed by atoms with Gasteiger partial charge >= 0.3 is 12.1 Å². The first-order valence-electron chi connectivity index (χ1n) is 17.7. The normalized spacial score (nSPS) is 13.6. The third-order valence-electron chi connectivity index (χ3n) is 9.48. The van der Waals surface area contributed by atoms with Gasteiger partial charge in [0, 0.05) is 12.3 Å². The van der Waals surface area contributed by atoms with Crippen molar-refractivity contribution in [3.05, 3.63) is 155 Å². The molecule has 0 heterocycles. The minimum Gasteiger partial charge on any atom is -0.485 e. The molecule has 0 saturated carbocycles. The highest BCUT2D eigenvalue weighted by atomic mass is 16.5. The first-order valence-corrected chi connectivity index (χ1v) is 17.7. The fourth-order valence-corrected chi connectivity index (χ4v) is 6.60. The van der Waals surface area contributed by atoms with Crippen LogP contribution >= 0.6 is 0 Å². The predicted molar refractivity (Wildman–Crippen MR) is 203 cm³/mol. The SMILES string of the molecule is CC(C)[C@H](NC(=O)OCC1c2ccccc2-c2ccccc21)C(=O)N[C@](C)(Cc1ccc(OCc2ccccc2)c(OCc2ccccc2)c1)C(=O)O. The highest BCUT2D eigenvalue weighted by molar-refractivity contribution is 5.91. The Morgan fingerprint density at radius 2 is 1.23 bits per heavy atom. The molecule has 272 valence electrons. The minimum atomic E-state index is -1.73. The Morgan fingerprint density at radius 3 is 1.77 bits per heavy atom. The highest BCUT2D eigenvalue weighted by Gasteiger charge is 2.39. The summed E-state index contributed by atoms with van der Waals surface area (Å²) < 4.78 is 18.0. The molecule has 0 aliphatic heterocycles. The number of benzene rings is 5. The van der Waals surface area contributed by atoms with Gasteiger partial charge in [-0.2, -0.15) is 0 Å². The van der Waals surface area contributed by atoms with Crippen molar-refractivity contribution in [2.45, 2.75) is 57.9 Å². The van der Waals surface area contributed by atoms with Crippen LogP contribution in [0.15, 0.2) is 127 Å². The van der Waals surface area contributed by atoms with E-state index in [0.717, 1.165) is 33.4 Å². The van der Waals surface area contributed by atoms with Gasteiger partial charge in [0.15, 0.2) is 11.5 Å². The molecule has 0 spiro atoms. The number of nitrogens with one attached hydrogen (secondary N) is 2. The van der Waals surface area contributed by atoms with E-state index >= 15 is 0 Å². The number of carbonyl (C=O) groups excluding carboxylic acids is 2. The largest absolute Gasteiger partial charge is 0.485 e. The van der Waals surface area contributed by atoms with E-state index in [1.807, 2.05) is 97.1 Å². The van der Waals surface area contributed by atoms with Crippen molar-refractivity contribution in [1.29, 1.82) is 0 Å². The van der Waals surface area contributed by atoms with Crippen molar-refractivity contribution in [3.8, 4) is 22.6 Å². The van der Waals surface area contributed by atoms with Crippen LogP contribution in [0.2, 0.25) is 0 Å². The molecule has 0 unspecified atom stereocenters. The number of fused-ring (bicyclic) bond motifs is 3. The highest BCUT2D eigenvalue weighted by Crippen LogP contribution is 2.44. The maximum Gasteiger partial charge on any atom is 0.407 e. The Morgan fingerprint density at radius 1 is 0.698 bits per heavy atom. The van der Waals surface area contributed by atoms with E-state index in [1.54, 1.807) is 32.0 Å². The van der Waals surface area contributed by atoms with E-state index in [4.69, 9.17) is 14.2 Å². The number of aliphatic carboxylic acids is 1. The molecule has 2 amide bonds. The van der Waals surface area contributed by atoms with Crippen LogP contribution in [0.25, 0.3) is 11.1 Å². The van der Waals surface area contributed by atoms with Crippen molar-refractivity contribution in [2.75, 3.05) is 6.61 Å². The van der Waals surface area contributed by atoms with Gasteiger partial charge in [-0.1, -0.05) is 129 Å². The number of carboxylic acid groups (broad SMARTS) is 1. The summed E-state index contributed by atoms with van der Waals surface area (Å²) >= 11 is 0. The lowest BCUT2D eigenvalue weighted by molar-refractivity contribution is -0.147. The number of amides is 2. The van der Waals surface area contributed by atoms with Crippen molar-refractivity contribution in [3.63, 3.8) is 0 Å². The minimum absolute atomic E-state index is 0.0650. The fraction of sp³-hybridized carbons (Fsp3) is 0.250. The summed E-state index contributed by atoms with van der Waals surface area (Å²) in [6.07, 6.45) is -0.825. The zero-order valence-electron chi connectivity index (χ0n) is 30.1. The molecule has 3 N–H and O–H groups in total. The molecule has 1 aliphatic rings. The van der Waals surface area contributed by atoms with E-state index in [0.29, 0.717) is 23.7 Å². The molecule has 53 heavy (non-hydrogen) atoms. The molecule has 0 radical (unpaired) electrons. The van der Waals surface area contributed by atoms with Gasteiger partial charge in [0.25, 0.3) is 0 Å². The first kappa shape index (κ1) is 36.7. The van der Waals surface area contributed by atoms with Crippen LogP contribution in [-0.2, 0) is 34.0 Å². The van der Waals surface area contributed by atoms with Crippen LogP contribution in [-0.4, -0.2) is 41.3 Å². The Kier molecular flexibility index (Phi) is 11.4. The quantitative estimate of drug-likeness (QED) is 0.101. The van der Waals surface area contributed by atoms with E-state index in [9.17, 15) is 19.5 Å². The lowest BCUT2D eigenvalue weighted by atomic mass is 9.91. The van der Waals surface area contributed by atoms with Gasteiger partial charge in [-0.05, 0) is 63.9 Å². The molecule has 0 saturated heterocycles. The molecule has 5 aromatic rings. The summed E-state index contributed by atoms with van der Waals surface area (Å²) in [6.45, 7) is 5.67. The van der Waals surface area contributed by atoms with Gasteiger partial charge in [-0.3, -0.25) is 4.79 Å². The molecule has 2 atom stereocenters. The predicted octanol–water partition coefficient (Wildman–Crippen LogP) is 7.91. The van der Waals surface area contributed by atoms with Crippen LogP contribution < -0.4 is 20.1 Å². The van der Waals surface area contributed by atoms with Crippen molar-refractivity contribution in [1.82, 2.24) is 10.6 Å². The summed E-state index contributed by atoms with van der Waals surface area (Å²) in [7, 11) is 0. The van der Waals surface area contributed by atoms with Gasteiger partial charge in [0.05, 0.1) is 0 Å². The van der Waals surface area contributed by atoms with E-state index in [2.05, 4.69) is 22.8 Å². The van der Waals surface area contributed by atoms with Crippen LogP contribution in [0.3, 0.4) is 0 Å². The van der Waals surface area contributed by atoms with Crippen LogP contribution in [0, 0.1) is 5.92 Å². The molecule has 5 aromatic carbocycles.